The number of hydrogen-bond acceptors (Lipinski definition) is 4. The summed E-state index contributed by atoms with van der Waals surface area (Å²) in [7, 11) is -3.06. The average molecular weight is 285 g/mol. The van der Waals surface area contributed by atoms with Crippen LogP contribution in [0.25, 0.3) is 0 Å². The molecule has 1 aromatic heterocycles. The van der Waals surface area contributed by atoms with E-state index in [0.717, 1.165) is 0 Å². The Morgan fingerprint density at radius 3 is 2.63 bits per heavy atom. The second-order valence-corrected chi connectivity index (χ2v) is 8.39. The minimum atomic E-state index is -3.06. The van der Waals surface area contributed by atoms with E-state index in [1.165, 1.54) is 0 Å². The van der Waals surface area contributed by atoms with E-state index in [1.54, 1.807) is 32.9 Å². The zero-order valence-electron chi connectivity index (χ0n) is 11.4. The van der Waals surface area contributed by atoms with Gasteiger partial charge in [-0.05, 0) is 45.7 Å². The smallest absolute Gasteiger partial charge is 0.287 e. The predicted octanol–water partition coefficient (Wildman–Crippen LogP) is 1.67. The standard InChI is InChI=1S/C13H19NO4S/c1-9-4-5-11(18-9)12(15)14-10-6-7-19(16,17)13(2,3)8-10/h4-5,10H,6-8H2,1-3H3,(H,14,15). The molecule has 1 aliphatic rings. The lowest BCUT2D eigenvalue weighted by Gasteiger charge is -2.35. The zero-order chi connectivity index (χ0) is 14.3. The monoisotopic (exact) mass is 285 g/mol. The topological polar surface area (TPSA) is 76.4 Å². The van der Waals surface area contributed by atoms with Crippen LogP contribution in [0.5, 0.6) is 0 Å². The third kappa shape index (κ3) is 2.83. The van der Waals surface area contributed by atoms with Crippen molar-refractivity contribution in [2.24, 2.45) is 0 Å². The van der Waals surface area contributed by atoms with Gasteiger partial charge in [0.1, 0.15) is 5.76 Å². The van der Waals surface area contributed by atoms with Gasteiger partial charge < -0.3 is 9.73 Å². The van der Waals surface area contributed by atoms with Crippen LogP contribution in [0.4, 0.5) is 0 Å². The number of rotatable bonds is 2. The zero-order valence-corrected chi connectivity index (χ0v) is 12.2. The van der Waals surface area contributed by atoms with Crippen molar-refractivity contribution in [2.45, 2.75) is 44.4 Å². The normalized spacial score (nSPS) is 24.9. The molecule has 19 heavy (non-hydrogen) atoms. The summed E-state index contributed by atoms with van der Waals surface area (Å²) in [5, 5.41) is 2.84. The van der Waals surface area contributed by atoms with Gasteiger partial charge in [-0.1, -0.05) is 0 Å². The van der Waals surface area contributed by atoms with Crippen LogP contribution in [0.15, 0.2) is 16.5 Å². The van der Waals surface area contributed by atoms with Crippen molar-refractivity contribution >= 4 is 15.7 Å². The lowest BCUT2D eigenvalue weighted by Crippen LogP contribution is -2.49. The van der Waals surface area contributed by atoms with Crippen molar-refractivity contribution in [3.05, 3.63) is 23.7 Å². The van der Waals surface area contributed by atoms with E-state index in [-0.39, 0.29) is 23.5 Å². The predicted molar refractivity (Wildman–Crippen MR) is 71.8 cm³/mol. The second-order valence-electron chi connectivity index (χ2n) is 5.65. The van der Waals surface area contributed by atoms with E-state index in [9.17, 15) is 13.2 Å². The summed E-state index contributed by atoms with van der Waals surface area (Å²) in [5.74, 6) is 0.774. The van der Waals surface area contributed by atoms with Gasteiger partial charge in [-0.2, -0.15) is 0 Å². The minimum Gasteiger partial charge on any atom is -0.456 e. The SMILES string of the molecule is Cc1ccc(C(=O)NC2CCS(=O)(=O)C(C)(C)C2)o1. The Morgan fingerprint density at radius 2 is 2.11 bits per heavy atom. The van der Waals surface area contributed by atoms with Gasteiger partial charge in [0, 0.05) is 6.04 Å². The highest BCUT2D eigenvalue weighted by molar-refractivity contribution is 7.92. The summed E-state index contributed by atoms with van der Waals surface area (Å²) in [5.41, 5.74) is 0. The fourth-order valence-electron chi connectivity index (χ4n) is 2.33. The average Bonchev–Trinajstić information content (AvgIpc) is 2.70. The summed E-state index contributed by atoms with van der Waals surface area (Å²) >= 11 is 0. The Hall–Kier alpha value is -1.30. The molecule has 2 heterocycles. The third-order valence-electron chi connectivity index (χ3n) is 3.61. The van der Waals surface area contributed by atoms with Crippen LogP contribution in [0.2, 0.25) is 0 Å². The first-order valence-electron chi connectivity index (χ1n) is 6.31. The van der Waals surface area contributed by atoms with Gasteiger partial charge >= 0.3 is 0 Å². The molecule has 0 aliphatic carbocycles. The highest BCUT2D eigenvalue weighted by Gasteiger charge is 2.41. The van der Waals surface area contributed by atoms with E-state index in [2.05, 4.69) is 5.32 Å². The molecule has 1 amide bonds. The van der Waals surface area contributed by atoms with Crippen molar-refractivity contribution in [1.29, 1.82) is 0 Å². The number of carbonyl (C=O) groups excluding carboxylic acids is 1. The molecular weight excluding hydrogens is 266 g/mol. The molecule has 0 bridgehead atoms. The number of sulfone groups is 1. The molecule has 106 valence electrons. The van der Waals surface area contributed by atoms with Crippen molar-refractivity contribution < 1.29 is 17.6 Å². The van der Waals surface area contributed by atoms with E-state index in [4.69, 9.17) is 4.42 Å². The van der Waals surface area contributed by atoms with E-state index in [0.29, 0.717) is 18.6 Å². The molecule has 1 aromatic rings. The summed E-state index contributed by atoms with van der Waals surface area (Å²) in [4.78, 5) is 11.9. The van der Waals surface area contributed by atoms with Crippen LogP contribution in [0, 0.1) is 6.92 Å². The van der Waals surface area contributed by atoms with Crippen LogP contribution in [-0.2, 0) is 9.84 Å². The van der Waals surface area contributed by atoms with Crippen LogP contribution in [0.3, 0.4) is 0 Å². The van der Waals surface area contributed by atoms with Gasteiger partial charge in [0.15, 0.2) is 15.6 Å². The van der Waals surface area contributed by atoms with E-state index < -0.39 is 14.6 Å². The molecule has 2 rings (SSSR count). The molecule has 1 fully saturated rings. The summed E-state index contributed by atoms with van der Waals surface area (Å²) < 4.78 is 28.2. The van der Waals surface area contributed by atoms with Gasteiger partial charge in [-0.25, -0.2) is 8.42 Å². The summed E-state index contributed by atoms with van der Waals surface area (Å²) in [6, 6.07) is 3.22. The number of furan rings is 1. The van der Waals surface area contributed by atoms with Crippen molar-refractivity contribution in [3.8, 4) is 0 Å². The van der Waals surface area contributed by atoms with Gasteiger partial charge in [0.2, 0.25) is 0 Å². The Bertz CT molecular complexity index is 586. The lowest BCUT2D eigenvalue weighted by atomic mass is 10.00. The molecule has 0 aromatic carbocycles. The van der Waals surface area contributed by atoms with Gasteiger partial charge in [-0.3, -0.25) is 4.79 Å². The molecule has 0 radical (unpaired) electrons. The first kappa shape index (κ1) is 14.1. The number of nitrogens with one attached hydrogen (secondary N) is 1. The Balaban J connectivity index is 2.04. The quantitative estimate of drug-likeness (QED) is 0.896. The molecule has 1 aliphatic heterocycles. The molecule has 1 atom stereocenters. The fraction of sp³-hybridized carbons (Fsp3) is 0.615. The molecule has 0 spiro atoms. The Kier molecular flexibility index (Phi) is 3.47. The maximum absolute atomic E-state index is 11.9. The highest BCUT2D eigenvalue weighted by atomic mass is 32.2. The number of amides is 1. The third-order valence-corrected chi connectivity index (χ3v) is 6.24. The van der Waals surface area contributed by atoms with E-state index >= 15 is 0 Å². The second kappa shape index (κ2) is 4.67. The van der Waals surface area contributed by atoms with Crippen LogP contribution in [0.1, 0.15) is 43.0 Å². The first-order chi connectivity index (χ1) is 8.71. The Labute approximate surface area is 113 Å². The molecule has 5 nitrogen and oxygen atoms in total. The largest absolute Gasteiger partial charge is 0.456 e. The number of carbonyl (C=O) groups is 1. The van der Waals surface area contributed by atoms with Crippen LogP contribution in [-0.4, -0.2) is 30.9 Å². The van der Waals surface area contributed by atoms with Crippen LogP contribution < -0.4 is 5.32 Å². The highest BCUT2D eigenvalue weighted by Crippen LogP contribution is 2.30. The number of aryl methyl sites for hydroxylation is 1. The molecule has 1 saturated heterocycles. The minimum absolute atomic E-state index is 0.113. The maximum Gasteiger partial charge on any atom is 0.287 e. The van der Waals surface area contributed by atoms with Gasteiger partial charge in [-0.15, -0.1) is 0 Å². The van der Waals surface area contributed by atoms with E-state index in [1.807, 2.05) is 0 Å². The molecule has 1 unspecified atom stereocenters. The summed E-state index contributed by atoms with van der Waals surface area (Å²) in [6.07, 6.45) is 0.887. The van der Waals surface area contributed by atoms with Crippen molar-refractivity contribution in [3.63, 3.8) is 0 Å². The maximum atomic E-state index is 11.9. The molecule has 6 heteroatoms. The fourth-order valence-corrected chi connectivity index (χ4v) is 3.93. The van der Waals surface area contributed by atoms with Gasteiger partial charge in [0.25, 0.3) is 5.91 Å². The molecular formula is C13H19NO4S. The number of hydrogen-bond donors (Lipinski definition) is 1. The molecule has 0 saturated carbocycles. The van der Waals surface area contributed by atoms with Crippen molar-refractivity contribution in [2.75, 3.05) is 5.75 Å². The molecule has 1 N–H and O–H groups in total. The van der Waals surface area contributed by atoms with Crippen LogP contribution >= 0.6 is 0 Å². The van der Waals surface area contributed by atoms with Crippen molar-refractivity contribution in [1.82, 2.24) is 5.32 Å². The Morgan fingerprint density at radius 1 is 1.42 bits per heavy atom. The van der Waals surface area contributed by atoms with Gasteiger partial charge in [0.05, 0.1) is 10.5 Å². The first-order valence-corrected chi connectivity index (χ1v) is 7.96. The lowest BCUT2D eigenvalue weighted by molar-refractivity contribution is 0.0901. The summed E-state index contributed by atoms with van der Waals surface area (Å²) in [6.45, 7) is 5.18.